The van der Waals surface area contributed by atoms with Gasteiger partial charge < -0.3 is 9.32 Å². The van der Waals surface area contributed by atoms with Crippen molar-refractivity contribution < 1.29 is 4.42 Å². The molecule has 2 aliphatic rings. The number of imidazole rings is 1. The SMILES string of the molecule is Cc1ccccc1N1[C@@H](C)c2c(nc3occn23)C12CCCCC2. The Hall–Kier alpha value is -2.23. The van der Waals surface area contributed by atoms with E-state index in [0.29, 0.717) is 6.04 Å². The van der Waals surface area contributed by atoms with Crippen LogP contribution in [-0.2, 0) is 5.54 Å². The van der Waals surface area contributed by atoms with Gasteiger partial charge in [-0.2, -0.15) is 4.98 Å². The summed E-state index contributed by atoms with van der Waals surface area (Å²) < 4.78 is 7.74. The van der Waals surface area contributed by atoms with Crippen LogP contribution in [0.4, 0.5) is 5.69 Å². The largest absolute Gasteiger partial charge is 0.432 e. The fourth-order valence-electron chi connectivity index (χ4n) is 5.04. The topological polar surface area (TPSA) is 33.7 Å². The molecule has 0 unspecified atom stereocenters. The first-order valence-electron chi connectivity index (χ1n) is 9.03. The molecular formula is C20H23N3O. The quantitative estimate of drug-likeness (QED) is 0.634. The molecule has 1 aliphatic heterocycles. The number of benzene rings is 1. The highest BCUT2D eigenvalue weighted by molar-refractivity contribution is 5.63. The Morgan fingerprint density at radius 1 is 1.17 bits per heavy atom. The Kier molecular flexibility index (Phi) is 2.88. The van der Waals surface area contributed by atoms with E-state index >= 15 is 0 Å². The molecule has 4 heteroatoms. The number of anilines is 1. The molecule has 124 valence electrons. The van der Waals surface area contributed by atoms with Crippen LogP contribution in [0.3, 0.4) is 0 Å². The van der Waals surface area contributed by atoms with Gasteiger partial charge in [0.05, 0.1) is 23.0 Å². The maximum atomic E-state index is 5.60. The maximum absolute atomic E-state index is 5.60. The minimum atomic E-state index is 0.0215. The molecule has 3 heterocycles. The summed E-state index contributed by atoms with van der Waals surface area (Å²) in [6.07, 6.45) is 9.98. The molecule has 1 fully saturated rings. The standard InChI is InChI=1S/C20H23N3O/c1-14-8-4-5-9-16(14)23-15(2)17-18(20(23)10-6-3-7-11-20)21-19-22(17)12-13-24-19/h4-5,8-9,12-13,15H,3,6-7,10-11H2,1-2H3/t15-/m0/s1. The molecule has 2 aromatic heterocycles. The van der Waals surface area contributed by atoms with Crippen LogP contribution in [0.1, 0.15) is 62.0 Å². The minimum absolute atomic E-state index is 0.0215. The second kappa shape index (κ2) is 4.88. The Morgan fingerprint density at radius 3 is 2.75 bits per heavy atom. The Labute approximate surface area is 142 Å². The molecule has 24 heavy (non-hydrogen) atoms. The number of hydrogen-bond donors (Lipinski definition) is 0. The second-order valence-corrected chi connectivity index (χ2v) is 7.33. The summed E-state index contributed by atoms with van der Waals surface area (Å²) in [7, 11) is 0. The molecule has 0 N–H and O–H groups in total. The number of oxazole rings is 1. The van der Waals surface area contributed by atoms with Gasteiger partial charge in [0.1, 0.15) is 6.26 Å². The molecule has 3 aromatic rings. The number of rotatable bonds is 1. The highest BCUT2D eigenvalue weighted by atomic mass is 16.3. The third-order valence-electron chi connectivity index (χ3n) is 6.04. The van der Waals surface area contributed by atoms with E-state index in [9.17, 15) is 0 Å². The van der Waals surface area contributed by atoms with E-state index in [2.05, 4.69) is 47.4 Å². The van der Waals surface area contributed by atoms with Gasteiger partial charge in [-0.3, -0.25) is 4.40 Å². The molecule has 1 aliphatic carbocycles. The van der Waals surface area contributed by atoms with Crippen LogP contribution in [0.2, 0.25) is 0 Å². The highest BCUT2D eigenvalue weighted by Gasteiger charge is 2.52. The fraction of sp³-hybridized carbons (Fsp3) is 0.450. The van der Waals surface area contributed by atoms with Gasteiger partial charge in [-0.1, -0.05) is 37.5 Å². The van der Waals surface area contributed by atoms with Gasteiger partial charge >= 0.3 is 5.84 Å². The van der Waals surface area contributed by atoms with Gasteiger partial charge in [0.15, 0.2) is 0 Å². The van der Waals surface area contributed by atoms with Gasteiger partial charge in [0, 0.05) is 11.9 Å². The summed E-state index contributed by atoms with van der Waals surface area (Å²) in [5, 5.41) is 0. The van der Waals surface area contributed by atoms with Crippen molar-refractivity contribution >= 4 is 11.5 Å². The van der Waals surface area contributed by atoms with Crippen molar-refractivity contribution in [2.24, 2.45) is 0 Å². The van der Waals surface area contributed by atoms with Crippen molar-refractivity contribution in [1.82, 2.24) is 9.38 Å². The third kappa shape index (κ3) is 1.66. The van der Waals surface area contributed by atoms with Crippen LogP contribution < -0.4 is 4.90 Å². The molecule has 0 bridgehead atoms. The van der Waals surface area contributed by atoms with Crippen LogP contribution in [0.15, 0.2) is 41.1 Å². The normalized spacial score (nSPS) is 22.4. The summed E-state index contributed by atoms with van der Waals surface area (Å²) in [5.74, 6) is 0.737. The van der Waals surface area contributed by atoms with E-state index < -0.39 is 0 Å². The number of aryl methyl sites for hydroxylation is 1. The number of hydrogen-bond acceptors (Lipinski definition) is 3. The molecule has 0 amide bonds. The predicted octanol–water partition coefficient (Wildman–Crippen LogP) is 4.98. The zero-order chi connectivity index (χ0) is 16.3. The number of fused-ring (bicyclic) bond motifs is 4. The lowest BCUT2D eigenvalue weighted by atomic mass is 9.79. The summed E-state index contributed by atoms with van der Waals surface area (Å²) in [5.41, 5.74) is 5.27. The van der Waals surface area contributed by atoms with Gasteiger partial charge in [0.25, 0.3) is 0 Å². The fourth-order valence-corrected chi connectivity index (χ4v) is 5.04. The molecule has 0 radical (unpaired) electrons. The molecule has 5 rings (SSSR count). The summed E-state index contributed by atoms with van der Waals surface area (Å²) in [6, 6.07) is 9.07. The van der Waals surface area contributed by atoms with Crippen LogP contribution >= 0.6 is 0 Å². The zero-order valence-electron chi connectivity index (χ0n) is 14.3. The molecule has 4 nitrogen and oxygen atoms in total. The van der Waals surface area contributed by atoms with Crippen molar-refractivity contribution in [3.05, 3.63) is 53.7 Å². The van der Waals surface area contributed by atoms with E-state index in [1.807, 2.05) is 6.20 Å². The number of para-hydroxylation sites is 1. The van der Waals surface area contributed by atoms with Crippen molar-refractivity contribution in [2.75, 3.05) is 4.90 Å². The maximum Gasteiger partial charge on any atom is 0.306 e. The smallest absolute Gasteiger partial charge is 0.306 e. The number of aromatic nitrogens is 2. The lowest BCUT2D eigenvalue weighted by Crippen LogP contribution is -2.44. The lowest BCUT2D eigenvalue weighted by Gasteiger charge is -2.45. The van der Waals surface area contributed by atoms with Gasteiger partial charge in [-0.05, 0) is 38.3 Å². The van der Waals surface area contributed by atoms with Crippen LogP contribution in [0.5, 0.6) is 0 Å². The van der Waals surface area contributed by atoms with E-state index in [4.69, 9.17) is 9.40 Å². The van der Waals surface area contributed by atoms with Crippen LogP contribution in [0, 0.1) is 6.92 Å². The molecule has 1 atom stereocenters. The minimum Gasteiger partial charge on any atom is -0.432 e. The van der Waals surface area contributed by atoms with E-state index in [1.165, 1.54) is 54.7 Å². The first-order valence-corrected chi connectivity index (χ1v) is 9.03. The Bertz CT molecular complexity index is 901. The van der Waals surface area contributed by atoms with Crippen molar-refractivity contribution in [3.63, 3.8) is 0 Å². The number of nitrogens with zero attached hydrogens (tertiary/aromatic N) is 3. The van der Waals surface area contributed by atoms with Gasteiger partial charge in [-0.25, -0.2) is 0 Å². The third-order valence-corrected chi connectivity index (χ3v) is 6.04. The highest BCUT2D eigenvalue weighted by Crippen LogP contribution is 2.55. The first-order chi connectivity index (χ1) is 11.7. The van der Waals surface area contributed by atoms with Crippen molar-refractivity contribution in [3.8, 4) is 0 Å². The molecular weight excluding hydrogens is 298 g/mol. The van der Waals surface area contributed by atoms with E-state index in [1.54, 1.807) is 6.26 Å². The molecule has 1 saturated carbocycles. The second-order valence-electron chi connectivity index (χ2n) is 7.33. The lowest BCUT2D eigenvalue weighted by molar-refractivity contribution is 0.278. The van der Waals surface area contributed by atoms with Gasteiger partial charge in [0.2, 0.25) is 0 Å². The van der Waals surface area contributed by atoms with Crippen LogP contribution in [0.25, 0.3) is 5.84 Å². The van der Waals surface area contributed by atoms with E-state index in [-0.39, 0.29) is 5.54 Å². The van der Waals surface area contributed by atoms with E-state index in [0.717, 1.165) is 5.84 Å². The molecule has 0 saturated heterocycles. The summed E-state index contributed by atoms with van der Waals surface area (Å²) in [4.78, 5) is 7.59. The average molecular weight is 321 g/mol. The monoisotopic (exact) mass is 321 g/mol. The Balaban J connectivity index is 1.77. The zero-order valence-corrected chi connectivity index (χ0v) is 14.3. The summed E-state index contributed by atoms with van der Waals surface area (Å²) in [6.45, 7) is 4.53. The van der Waals surface area contributed by atoms with Crippen molar-refractivity contribution in [1.29, 1.82) is 0 Å². The van der Waals surface area contributed by atoms with Crippen molar-refractivity contribution in [2.45, 2.75) is 57.5 Å². The Morgan fingerprint density at radius 2 is 1.96 bits per heavy atom. The molecule has 1 aromatic carbocycles. The average Bonchev–Trinajstić information content (AvgIpc) is 3.23. The van der Waals surface area contributed by atoms with Crippen LogP contribution in [-0.4, -0.2) is 9.38 Å². The first kappa shape index (κ1) is 14.1. The summed E-state index contributed by atoms with van der Waals surface area (Å²) >= 11 is 0. The van der Waals surface area contributed by atoms with Gasteiger partial charge in [-0.15, -0.1) is 0 Å². The molecule has 1 spiro atoms. The predicted molar refractivity (Wildman–Crippen MR) is 94.3 cm³/mol.